The lowest BCUT2D eigenvalue weighted by Gasteiger charge is -2.27. The van der Waals surface area contributed by atoms with Crippen molar-refractivity contribution in [3.63, 3.8) is 0 Å². The number of hydrazone groups is 1. The summed E-state index contributed by atoms with van der Waals surface area (Å²) in [6, 6.07) is 18.2. The van der Waals surface area contributed by atoms with Gasteiger partial charge in [0.05, 0.1) is 11.8 Å². The number of para-hydroxylation sites is 1. The topological polar surface area (TPSA) is 54.9 Å². The zero-order chi connectivity index (χ0) is 18.5. The Labute approximate surface area is 164 Å². The molecule has 2 N–H and O–H groups in total. The summed E-state index contributed by atoms with van der Waals surface area (Å²) < 4.78 is 11.8. The second kappa shape index (κ2) is 8.50. The van der Waals surface area contributed by atoms with E-state index in [0.29, 0.717) is 18.1 Å². The minimum absolute atomic E-state index is 0.0601. The predicted octanol–water partition coefficient (Wildman–Crippen LogP) is 3.56. The number of ether oxygens (including phenoxy) is 2. The van der Waals surface area contributed by atoms with E-state index in [2.05, 4.69) is 28.0 Å². The third-order valence-corrected chi connectivity index (χ3v) is 5.06. The van der Waals surface area contributed by atoms with Crippen LogP contribution in [0.2, 0.25) is 0 Å². The summed E-state index contributed by atoms with van der Waals surface area (Å²) in [6.45, 7) is 1.55. The highest BCUT2D eigenvalue weighted by Gasteiger charge is 2.26. The Morgan fingerprint density at radius 1 is 1.11 bits per heavy atom. The first-order valence-electron chi connectivity index (χ1n) is 9.32. The third kappa shape index (κ3) is 4.46. The van der Waals surface area contributed by atoms with Gasteiger partial charge in [0.2, 0.25) is 0 Å². The number of hydrogen-bond donors (Lipinski definition) is 2. The van der Waals surface area contributed by atoms with Crippen molar-refractivity contribution in [3.05, 3.63) is 65.7 Å². The lowest BCUT2D eigenvalue weighted by atomic mass is 9.96. The number of fused-ring (bicyclic) bond motifs is 1. The van der Waals surface area contributed by atoms with Crippen molar-refractivity contribution in [2.75, 3.05) is 13.2 Å². The molecule has 1 saturated heterocycles. The van der Waals surface area contributed by atoms with Crippen LogP contribution < -0.4 is 15.5 Å². The highest BCUT2D eigenvalue weighted by molar-refractivity contribution is 7.80. The summed E-state index contributed by atoms with van der Waals surface area (Å²) in [4.78, 5) is 0. The molecular weight excluding hydrogens is 358 g/mol. The van der Waals surface area contributed by atoms with E-state index in [0.717, 1.165) is 42.0 Å². The number of thiocarbonyl (C=S) groups is 1. The van der Waals surface area contributed by atoms with Crippen LogP contribution in [0.1, 0.15) is 36.5 Å². The van der Waals surface area contributed by atoms with Gasteiger partial charge in [-0.15, -0.1) is 0 Å². The van der Waals surface area contributed by atoms with Crippen LogP contribution in [-0.2, 0) is 4.74 Å². The van der Waals surface area contributed by atoms with Gasteiger partial charge in [-0.3, -0.25) is 5.43 Å². The fourth-order valence-electron chi connectivity index (χ4n) is 3.42. The molecule has 0 bridgehead atoms. The minimum Gasteiger partial charge on any atom is -0.485 e. The van der Waals surface area contributed by atoms with Crippen molar-refractivity contribution in [1.29, 1.82) is 0 Å². The molecule has 4 rings (SSSR count). The van der Waals surface area contributed by atoms with Crippen molar-refractivity contribution < 1.29 is 9.47 Å². The average molecular weight is 382 g/mol. The van der Waals surface area contributed by atoms with E-state index < -0.39 is 0 Å². The highest BCUT2D eigenvalue weighted by atomic mass is 32.1. The summed E-state index contributed by atoms with van der Waals surface area (Å²) >= 11 is 5.36. The smallest absolute Gasteiger partial charge is 0.187 e. The van der Waals surface area contributed by atoms with E-state index in [1.165, 1.54) is 0 Å². The lowest BCUT2D eigenvalue weighted by molar-refractivity contribution is 0.114. The van der Waals surface area contributed by atoms with Crippen LogP contribution in [0.4, 0.5) is 0 Å². The van der Waals surface area contributed by atoms with Crippen LogP contribution in [0.15, 0.2) is 59.7 Å². The van der Waals surface area contributed by atoms with Crippen LogP contribution in [0.3, 0.4) is 0 Å². The first-order chi connectivity index (χ1) is 13.3. The molecule has 1 fully saturated rings. The molecule has 2 aromatic rings. The Balaban J connectivity index is 1.46. The average Bonchev–Trinajstić information content (AvgIpc) is 3.24. The molecular formula is C21H23N3O2S. The Morgan fingerprint density at radius 3 is 2.74 bits per heavy atom. The zero-order valence-electron chi connectivity index (χ0n) is 15.1. The molecule has 5 nitrogen and oxygen atoms in total. The van der Waals surface area contributed by atoms with Gasteiger partial charge in [-0.05, 0) is 42.8 Å². The first-order valence-corrected chi connectivity index (χ1v) is 9.73. The zero-order valence-corrected chi connectivity index (χ0v) is 15.9. The van der Waals surface area contributed by atoms with Gasteiger partial charge in [0.25, 0.3) is 0 Å². The largest absolute Gasteiger partial charge is 0.485 e. The van der Waals surface area contributed by atoms with Gasteiger partial charge in [-0.1, -0.05) is 42.5 Å². The minimum atomic E-state index is -0.0601. The maximum atomic E-state index is 6.20. The molecule has 27 heavy (non-hydrogen) atoms. The molecule has 2 heterocycles. The highest BCUT2D eigenvalue weighted by Crippen LogP contribution is 2.34. The number of benzene rings is 2. The molecule has 6 heteroatoms. The number of hydrogen-bond acceptors (Lipinski definition) is 4. The first kappa shape index (κ1) is 17.9. The molecule has 0 amide bonds. The van der Waals surface area contributed by atoms with Crippen LogP contribution >= 0.6 is 12.2 Å². The van der Waals surface area contributed by atoms with Gasteiger partial charge in [0.1, 0.15) is 11.9 Å². The summed E-state index contributed by atoms with van der Waals surface area (Å²) in [6.07, 6.45) is 3.06. The normalized spacial score (nSPS) is 22.7. The Morgan fingerprint density at radius 2 is 1.93 bits per heavy atom. The van der Waals surface area contributed by atoms with Crippen molar-refractivity contribution in [2.24, 2.45) is 5.10 Å². The second-order valence-electron chi connectivity index (χ2n) is 6.73. The Hall–Kier alpha value is -2.44. The van der Waals surface area contributed by atoms with Gasteiger partial charge in [0, 0.05) is 25.1 Å². The fraction of sp³-hybridized carbons (Fsp3) is 0.333. The van der Waals surface area contributed by atoms with Crippen molar-refractivity contribution in [2.45, 2.75) is 31.5 Å². The monoisotopic (exact) mass is 381 g/mol. The van der Waals surface area contributed by atoms with Gasteiger partial charge < -0.3 is 14.8 Å². The third-order valence-electron chi connectivity index (χ3n) is 4.82. The summed E-state index contributed by atoms with van der Waals surface area (Å²) in [7, 11) is 0. The van der Waals surface area contributed by atoms with E-state index in [9.17, 15) is 0 Å². The van der Waals surface area contributed by atoms with Gasteiger partial charge in [0.15, 0.2) is 5.11 Å². The van der Waals surface area contributed by atoms with Crippen LogP contribution in [0.25, 0.3) is 0 Å². The summed E-state index contributed by atoms with van der Waals surface area (Å²) in [5.74, 6) is 0.844. The van der Waals surface area contributed by atoms with Gasteiger partial charge >= 0.3 is 0 Å². The molecule has 2 atom stereocenters. The molecule has 0 radical (unpaired) electrons. The lowest BCUT2D eigenvalue weighted by Crippen LogP contribution is -2.38. The predicted molar refractivity (Wildman–Crippen MR) is 110 cm³/mol. The molecule has 0 unspecified atom stereocenters. The summed E-state index contributed by atoms with van der Waals surface area (Å²) in [5.41, 5.74) is 6.06. The molecule has 0 aromatic heterocycles. The molecule has 2 aliphatic heterocycles. The molecule has 2 aliphatic rings. The Kier molecular flexibility index (Phi) is 5.65. The SMILES string of the molecule is S=C(NC[C@@H]1CCCO1)NN=C1C[C@@H](c2ccccc2)Oc2ccccc21. The molecule has 0 spiro atoms. The molecule has 140 valence electrons. The number of rotatable bonds is 4. The standard InChI is InChI=1S/C21H23N3O2S/c27-21(22-14-16-9-6-12-25-16)24-23-18-13-20(15-7-2-1-3-8-15)26-19-11-5-4-10-17(18)19/h1-5,7-8,10-11,16,20H,6,9,12-14H2,(H2,22,24,27)/t16-,20-/m0/s1. The van der Waals surface area contributed by atoms with E-state index in [1.807, 2.05) is 42.5 Å². The molecule has 2 aromatic carbocycles. The van der Waals surface area contributed by atoms with E-state index in [1.54, 1.807) is 0 Å². The number of nitrogens with one attached hydrogen (secondary N) is 2. The second-order valence-corrected chi connectivity index (χ2v) is 7.14. The van der Waals surface area contributed by atoms with Crippen molar-refractivity contribution in [3.8, 4) is 5.75 Å². The van der Waals surface area contributed by atoms with E-state index >= 15 is 0 Å². The Bertz CT molecular complexity index is 819. The fourth-order valence-corrected chi connectivity index (χ4v) is 3.55. The summed E-state index contributed by atoms with van der Waals surface area (Å²) in [5, 5.41) is 8.29. The quantitative estimate of drug-likeness (QED) is 0.627. The molecule has 0 aliphatic carbocycles. The van der Waals surface area contributed by atoms with E-state index in [-0.39, 0.29) is 12.2 Å². The van der Waals surface area contributed by atoms with E-state index in [4.69, 9.17) is 21.7 Å². The maximum absolute atomic E-state index is 6.20. The van der Waals surface area contributed by atoms with Crippen molar-refractivity contribution >= 4 is 23.0 Å². The van der Waals surface area contributed by atoms with Crippen LogP contribution in [0.5, 0.6) is 5.75 Å². The van der Waals surface area contributed by atoms with Gasteiger partial charge in [-0.2, -0.15) is 5.10 Å². The number of nitrogens with zero attached hydrogens (tertiary/aromatic N) is 1. The van der Waals surface area contributed by atoms with Crippen LogP contribution in [-0.4, -0.2) is 30.1 Å². The van der Waals surface area contributed by atoms with Crippen LogP contribution in [0, 0.1) is 0 Å². The molecule has 0 saturated carbocycles. The van der Waals surface area contributed by atoms with Gasteiger partial charge in [-0.25, -0.2) is 0 Å². The maximum Gasteiger partial charge on any atom is 0.187 e. The van der Waals surface area contributed by atoms with Crippen molar-refractivity contribution in [1.82, 2.24) is 10.7 Å².